The first-order valence-corrected chi connectivity index (χ1v) is 7.84. The zero-order chi connectivity index (χ0) is 15.8. The lowest BCUT2D eigenvalue weighted by atomic mass is 10.3. The van der Waals surface area contributed by atoms with Crippen molar-refractivity contribution in [2.75, 3.05) is 19.8 Å². The SMILES string of the molecule is O=C(COc1ccccc1Br)NCCOc1ccc(Cl)cc1. The van der Waals surface area contributed by atoms with Crippen molar-refractivity contribution in [1.82, 2.24) is 5.32 Å². The molecule has 2 rings (SSSR count). The zero-order valence-electron chi connectivity index (χ0n) is 11.7. The van der Waals surface area contributed by atoms with Crippen molar-refractivity contribution in [3.8, 4) is 11.5 Å². The Bertz CT molecular complexity index is 619. The van der Waals surface area contributed by atoms with Gasteiger partial charge in [0.25, 0.3) is 5.91 Å². The fourth-order valence-electron chi connectivity index (χ4n) is 1.65. The summed E-state index contributed by atoms with van der Waals surface area (Å²) in [6, 6.07) is 14.4. The zero-order valence-corrected chi connectivity index (χ0v) is 14.1. The van der Waals surface area contributed by atoms with E-state index in [0.29, 0.717) is 29.7 Å². The minimum Gasteiger partial charge on any atom is -0.492 e. The summed E-state index contributed by atoms with van der Waals surface area (Å²) in [5, 5.41) is 3.38. The van der Waals surface area contributed by atoms with Crippen LogP contribution in [0.5, 0.6) is 11.5 Å². The molecule has 116 valence electrons. The van der Waals surface area contributed by atoms with E-state index in [1.807, 2.05) is 18.2 Å². The van der Waals surface area contributed by atoms with Crippen molar-refractivity contribution >= 4 is 33.4 Å². The second kappa shape index (κ2) is 8.66. The summed E-state index contributed by atoms with van der Waals surface area (Å²) < 4.78 is 11.7. The summed E-state index contributed by atoms with van der Waals surface area (Å²) >= 11 is 9.14. The smallest absolute Gasteiger partial charge is 0.258 e. The van der Waals surface area contributed by atoms with Gasteiger partial charge in [0.05, 0.1) is 11.0 Å². The molecule has 22 heavy (non-hydrogen) atoms. The van der Waals surface area contributed by atoms with Crippen LogP contribution in [0.1, 0.15) is 0 Å². The largest absolute Gasteiger partial charge is 0.492 e. The fourth-order valence-corrected chi connectivity index (χ4v) is 2.17. The lowest BCUT2D eigenvalue weighted by molar-refractivity contribution is -0.123. The van der Waals surface area contributed by atoms with E-state index in [0.717, 1.165) is 4.47 Å². The number of halogens is 2. The molecule has 0 aromatic heterocycles. The van der Waals surface area contributed by atoms with Gasteiger partial charge in [-0.05, 0) is 52.3 Å². The van der Waals surface area contributed by atoms with Gasteiger partial charge in [-0.2, -0.15) is 0 Å². The molecule has 2 aromatic rings. The van der Waals surface area contributed by atoms with Gasteiger partial charge < -0.3 is 14.8 Å². The van der Waals surface area contributed by atoms with Crippen molar-refractivity contribution in [1.29, 1.82) is 0 Å². The van der Waals surface area contributed by atoms with E-state index in [-0.39, 0.29) is 12.5 Å². The van der Waals surface area contributed by atoms with Gasteiger partial charge in [-0.3, -0.25) is 4.79 Å². The normalized spacial score (nSPS) is 10.1. The van der Waals surface area contributed by atoms with E-state index in [1.165, 1.54) is 0 Å². The quantitative estimate of drug-likeness (QED) is 0.741. The van der Waals surface area contributed by atoms with Crippen LogP contribution in [-0.4, -0.2) is 25.7 Å². The molecule has 0 spiro atoms. The number of hydrogen-bond acceptors (Lipinski definition) is 3. The second-order valence-corrected chi connectivity index (χ2v) is 5.66. The van der Waals surface area contributed by atoms with Crippen LogP contribution >= 0.6 is 27.5 Å². The highest BCUT2D eigenvalue weighted by Crippen LogP contribution is 2.23. The van der Waals surface area contributed by atoms with E-state index < -0.39 is 0 Å². The number of hydrogen-bond donors (Lipinski definition) is 1. The predicted molar refractivity (Wildman–Crippen MR) is 89.6 cm³/mol. The Balaban J connectivity index is 1.64. The van der Waals surface area contributed by atoms with Crippen molar-refractivity contribution < 1.29 is 14.3 Å². The van der Waals surface area contributed by atoms with Gasteiger partial charge in [-0.25, -0.2) is 0 Å². The molecule has 0 radical (unpaired) electrons. The Morgan fingerprint density at radius 2 is 1.82 bits per heavy atom. The van der Waals surface area contributed by atoms with Gasteiger partial charge in [0, 0.05) is 5.02 Å². The number of rotatable bonds is 7. The highest BCUT2D eigenvalue weighted by atomic mass is 79.9. The van der Waals surface area contributed by atoms with Gasteiger partial charge in [-0.15, -0.1) is 0 Å². The molecule has 4 nitrogen and oxygen atoms in total. The number of ether oxygens (including phenoxy) is 2. The third-order valence-electron chi connectivity index (χ3n) is 2.70. The fraction of sp³-hybridized carbons (Fsp3) is 0.188. The first kappa shape index (κ1) is 16.6. The summed E-state index contributed by atoms with van der Waals surface area (Å²) in [4.78, 5) is 11.7. The molecular formula is C16H15BrClNO3. The van der Waals surface area contributed by atoms with Crippen LogP contribution < -0.4 is 14.8 Å². The van der Waals surface area contributed by atoms with E-state index in [9.17, 15) is 4.79 Å². The maximum Gasteiger partial charge on any atom is 0.258 e. The molecule has 0 saturated carbocycles. The highest BCUT2D eigenvalue weighted by Gasteiger charge is 2.04. The molecule has 0 atom stereocenters. The molecule has 6 heteroatoms. The minimum absolute atomic E-state index is 0.0381. The van der Waals surface area contributed by atoms with Gasteiger partial charge in [0.2, 0.25) is 0 Å². The average molecular weight is 385 g/mol. The Morgan fingerprint density at radius 1 is 1.09 bits per heavy atom. The van der Waals surface area contributed by atoms with E-state index >= 15 is 0 Å². The molecule has 1 amide bonds. The topological polar surface area (TPSA) is 47.6 Å². The molecule has 0 aliphatic heterocycles. The first-order valence-electron chi connectivity index (χ1n) is 6.67. The summed E-state index contributed by atoms with van der Waals surface area (Å²) in [7, 11) is 0. The molecule has 0 heterocycles. The van der Waals surface area contributed by atoms with E-state index in [1.54, 1.807) is 30.3 Å². The summed E-state index contributed by atoms with van der Waals surface area (Å²) in [5.74, 6) is 1.15. The summed E-state index contributed by atoms with van der Waals surface area (Å²) in [6.45, 7) is 0.743. The molecule has 0 aliphatic carbocycles. The van der Waals surface area contributed by atoms with Crippen molar-refractivity contribution in [3.05, 3.63) is 58.0 Å². The van der Waals surface area contributed by atoms with Gasteiger partial charge >= 0.3 is 0 Å². The number of carbonyl (C=O) groups excluding carboxylic acids is 1. The van der Waals surface area contributed by atoms with Crippen LogP contribution in [0, 0.1) is 0 Å². The van der Waals surface area contributed by atoms with Gasteiger partial charge in [0.15, 0.2) is 6.61 Å². The number of benzene rings is 2. The Morgan fingerprint density at radius 3 is 2.55 bits per heavy atom. The molecule has 0 aliphatic rings. The summed E-state index contributed by atoms with van der Waals surface area (Å²) in [5.41, 5.74) is 0. The molecule has 2 aromatic carbocycles. The monoisotopic (exact) mass is 383 g/mol. The second-order valence-electron chi connectivity index (χ2n) is 4.37. The highest BCUT2D eigenvalue weighted by molar-refractivity contribution is 9.10. The van der Waals surface area contributed by atoms with Crippen LogP contribution in [0.4, 0.5) is 0 Å². The molecule has 0 fully saturated rings. The van der Waals surface area contributed by atoms with Crippen LogP contribution in [0.15, 0.2) is 53.0 Å². The van der Waals surface area contributed by atoms with Crippen molar-refractivity contribution in [2.24, 2.45) is 0 Å². The number of carbonyl (C=O) groups is 1. The molecule has 0 bridgehead atoms. The Kier molecular flexibility index (Phi) is 6.55. The number of nitrogens with one attached hydrogen (secondary N) is 1. The minimum atomic E-state index is -0.199. The van der Waals surface area contributed by atoms with Gasteiger partial charge in [-0.1, -0.05) is 23.7 Å². The van der Waals surface area contributed by atoms with E-state index in [2.05, 4.69) is 21.2 Å². The molecule has 1 N–H and O–H groups in total. The van der Waals surface area contributed by atoms with Crippen LogP contribution in [0.2, 0.25) is 5.02 Å². The summed E-state index contributed by atoms with van der Waals surface area (Å²) in [6.07, 6.45) is 0. The maximum absolute atomic E-state index is 11.7. The van der Waals surface area contributed by atoms with E-state index in [4.69, 9.17) is 21.1 Å². The Labute approximate surface area is 142 Å². The van der Waals surface area contributed by atoms with Crippen molar-refractivity contribution in [3.63, 3.8) is 0 Å². The Hall–Kier alpha value is -1.72. The standard InChI is InChI=1S/C16H15BrClNO3/c17-14-3-1-2-4-15(14)22-11-16(20)19-9-10-21-13-7-5-12(18)6-8-13/h1-8H,9-11H2,(H,19,20). The number of para-hydroxylation sites is 1. The molecule has 0 unspecified atom stereocenters. The van der Waals surface area contributed by atoms with Crippen LogP contribution in [0.25, 0.3) is 0 Å². The maximum atomic E-state index is 11.7. The lowest BCUT2D eigenvalue weighted by Crippen LogP contribution is -2.32. The number of amides is 1. The van der Waals surface area contributed by atoms with Crippen molar-refractivity contribution in [2.45, 2.75) is 0 Å². The lowest BCUT2D eigenvalue weighted by Gasteiger charge is -2.09. The van der Waals surface area contributed by atoms with Crippen LogP contribution in [0.3, 0.4) is 0 Å². The first-order chi connectivity index (χ1) is 10.6. The van der Waals surface area contributed by atoms with Gasteiger partial charge in [0.1, 0.15) is 18.1 Å². The van der Waals surface area contributed by atoms with Crippen LogP contribution in [-0.2, 0) is 4.79 Å². The third-order valence-corrected chi connectivity index (χ3v) is 3.61. The average Bonchev–Trinajstić information content (AvgIpc) is 2.52. The predicted octanol–water partition coefficient (Wildman–Crippen LogP) is 3.68. The third kappa shape index (κ3) is 5.58. The molecular weight excluding hydrogens is 370 g/mol. The molecule has 0 saturated heterocycles.